The van der Waals surface area contributed by atoms with Gasteiger partial charge in [0.2, 0.25) is 0 Å². The van der Waals surface area contributed by atoms with Gasteiger partial charge in [-0.2, -0.15) is 5.26 Å². The van der Waals surface area contributed by atoms with Gasteiger partial charge >= 0.3 is 11.9 Å². The van der Waals surface area contributed by atoms with Crippen LogP contribution in [0, 0.1) is 11.3 Å². The first-order valence-electron chi connectivity index (χ1n) is 7.91. The molecule has 1 atom stereocenters. The fourth-order valence-corrected chi connectivity index (χ4v) is 3.86. The van der Waals surface area contributed by atoms with Gasteiger partial charge in [-0.1, -0.05) is 46.3 Å². The summed E-state index contributed by atoms with van der Waals surface area (Å²) in [6, 6.07) is 18.5. The number of aliphatic carboxylic acids is 2. The lowest BCUT2D eigenvalue weighted by atomic mass is 10.1. The van der Waals surface area contributed by atoms with E-state index in [0.29, 0.717) is 5.25 Å². The molecule has 2 rings (SSSR count). The molecular formula is C19H19BrN2O4S. The SMILES string of the molecule is CNCCC(Sc1cc(Br)ccc1C#N)c1ccccc1.O=C(O)C(=O)O. The van der Waals surface area contributed by atoms with Crippen molar-refractivity contribution < 1.29 is 19.8 Å². The highest BCUT2D eigenvalue weighted by Gasteiger charge is 2.15. The van der Waals surface area contributed by atoms with Gasteiger partial charge in [0, 0.05) is 14.6 Å². The molecule has 0 radical (unpaired) electrons. The maximum absolute atomic E-state index is 9.28. The minimum absolute atomic E-state index is 0.333. The highest BCUT2D eigenvalue weighted by atomic mass is 79.9. The van der Waals surface area contributed by atoms with E-state index in [1.807, 2.05) is 31.3 Å². The molecule has 0 fully saturated rings. The van der Waals surface area contributed by atoms with Crippen LogP contribution in [0.15, 0.2) is 57.9 Å². The zero-order valence-electron chi connectivity index (χ0n) is 14.6. The molecule has 0 aliphatic rings. The molecule has 2 aromatic carbocycles. The minimum Gasteiger partial charge on any atom is -0.473 e. The number of rotatable bonds is 6. The molecule has 3 N–H and O–H groups in total. The van der Waals surface area contributed by atoms with Crippen LogP contribution >= 0.6 is 27.7 Å². The molecule has 1 unspecified atom stereocenters. The quantitative estimate of drug-likeness (QED) is 0.451. The lowest BCUT2D eigenvalue weighted by Gasteiger charge is -2.18. The van der Waals surface area contributed by atoms with Crippen molar-refractivity contribution in [3.05, 3.63) is 64.1 Å². The molecule has 0 aliphatic heterocycles. The maximum atomic E-state index is 9.28. The smallest absolute Gasteiger partial charge is 0.414 e. The van der Waals surface area contributed by atoms with Crippen molar-refractivity contribution in [2.45, 2.75) is 16.6 Å². The van der Waals surface area contributed by atoms with E-state index < -0.39 is 11.9 Å². The molecule has 8 heteroatoms. The van der Waals surface area contributed by atoms with E-state index in [-0.39, 0.29) is 0 Å². The molecule has 27 heavy (non-hydrogen) atoms. The number of nitrogens with zero attached hydrogens (tertiary/aromatic N) is 1. The first-order valence-corrected chi connectivity index (χ1v) is 9.58. The van der Waals surface area contributed by atoms with E-state index in [1.165, 1.54) is 5.56 Å². The number of hydrogen-bond acceptors (Lipinski definition) is 5. The van der Waals surface area contributed by atoms with Crippen LogP contribution in [0.4, 0.5) is 0 Å². The first kappa shape index (κ1) is 22.7. The van der Waals surface area contributed by atoms with Gasteiger partial charge in [-0.3, -0.25) is 0 Å². The molecule has 142 valence electrons. The number of benzene rings is 2. The summed E-state index contributed by atoms with van der Waals surface area (Å²) in [4.78, 5) is 19.2. The summed E-state index contributed by atoms with van der Waals surface area (Å²) < 4.78 is 1.00. The van der Waals surface area contributed by atoms with Crippen molar-refractivity contribution >= 4 is 39.6 Å². The Kier molecular flexibility index (Phi) is 10.2. The van der Waals surface area contributed by atoms with Crippen LogP contribution in [0.3, 0.4) is 0 Å². The predicted molar refractivity (Wildman–Crippen MR) is 108 cm³/mol. The van der Waals surface area contributed by atoms with Crippen LogP contribution < -0.4 is 5.32 Å². The van der Waals surface area contributed by atoms with E-state index in [9.17, 15) is 5.26 Å². The Labute approximate surface area is 170 Å². The van der Waals surface area contributed by atoms with Crippen LogP contribution in [-0.4, -0.2) is 35.7 Å². The number of hydrogen-bond donors (Lipinski definition) is 3. The fourth-order valence-electron chi connectivity index (χ4n) is 2.08. The van der Waals surface area contributed by atoms with Crippen LogP contribution in [0.1, 0.15) is 22.8 Å². The topological polar surface area (TPSA) is 110 Å². The van der Waals surface area contributed by atoms with E-state index in [0.717, 1.165) is 27.9 Å². The van der Waals surface area contributed by atoms with Crippen molar-refractivity contribution in [3.63, 3.8) is 0 Å². The third-order valence-electron chi connectivity index (χ3n) is 3.34. The van der Waals surface area contributed by atoms with Crippen molar-refractivity contribution in [1.29, 1.82) is 5.26 Å². The monoisotopic (exact) mass is 450 g/mol. The highest BCUT2D eigenvalue weighted by Crippen LogP contribution is 2.39. The van der Waals surface area contributed by atoms with E-state index in [2.05, 4.69) is 51.6 Å². The second-order valence-electron chi connectivity index (χ2n) is 5.27. The molecule has 0 saturated carbocycles. The van der Waals surface area contributed by atoms with Crippen LogP contribution in [0.25, 0.3) is 0 Å². The predicted octanol–water partition coefficient (Wildman–Crippen LogP) is 3.92. The normalized spacial score (nSPS) is 10.9. The van der Waals surface area contributed by atoms with Gasteiger partial charge in [-0.05, 0) is 43.8 Å². The summed E-state index contributed by atoms with van der Waals surface area (Å²) in [5, 5.41) is 27.6. The van der Waals surface area contributed by atoms with Gasteiger partial charge in [-0.15, -0.1) is 11.8 Å². The zero-order valence-corrected chi connectivity index (χ0v) is 17.0. The highest BCUT2D eigenvalue weighted by molar-refractivity contribution is 9.10. The molecule has 0 aromatic heterocycles. The van der Waals surface area contributed by atoms with Gasteiger partial charge in [0.05, 0.1) is 5.56 Å². The number of carbonyl (C=O) groups is 2. The second kappa shape index (κ2) is 12.1. The van der Waals surface area contributed by atoms with E-state index in [4.69, 9.17) is 19.8 Å². The zero-order chi connectivity index (χ0) is 20.2. The molecule has 0 spiro atoms. The Morgan fingerprint density at radius 3 is 2.33 bits per heavy atom. The summed E-state index contributed by atoms with van der Waals surface area (Å²) in [5.41, 5.74) is 2.02. The van der Waals surface area contributed by atoms with Crippen LogP contribution in [0.2, 0.25) is 0 Å². The number of nitrogens with one attached hydrogen (secondary N) is 1. The molecular weight excluding hydrogens is 432 g/mol. The average molecular weight is 451 g/mol. The Morgan fingerprint density at radius 2 is 1.81 bits per heavy atom. The van der Waals surface area contributed by atoms with Gasteiger partial charge in [-0.25, -0.2) is 9.59 Å². The lowest BCUT2D eigenvalue weighted by molar-refractivity contribution is -0.159. The molecule has 0 saturated heterocycles. The third kappa shape index (κ3) is 8.26. The standard InChI is InChI=1S/C17H17BrN2S.C2H2O4/c1-20-10-9-16(13-5-3-2-4-6-13)21-17-11-15(18)8-7-14(17)12-19;3-1(4)2(5)6/h2-8,11,16,20H,9-10H2,1H3;(H,3,4)(H,5,6). The van der Waals surface area contributed by atoms with Crippen molar-refractivity contribution in [2.75, 3.05) is 13.6 Å². The molecule has 0 aliphatic carbocycles. The number of carboxylic acids is 2. The largest absolute Gasteiger partial charge is 0.473 e. The second-order valence-corrected chi connectivity index (χ2v) is 7.43. The van der Waals surface area contributed by atoms with Crippen LogP contribution in [0.5, 0.6) is 0 Å². The fraction of sp³-hybridized carbons (Fsp3) is 0.211. The third-order valence-corrected chi connectivity index (χ3v) is 5.22. The number of halogens is 1. The molecule has 0 bridgehead atoms. The molecule has 0 amide bonds. The van der Waals surface area contributed by atoms with Gasteiger partial charge in [0.1, 0.15) is 6.07 Å². The Morgan fingerprint density at radius 1 is 1.19 bits per heavy atom. The summed E-state index contributed by atoms with van der Waals surface area (Å²) in [7, 11) is 1.96. The van der Waals surface area contributed by atoms with Crippen molar-refractivity contribution in [3.8, 4) is 6.07 Å². The molecule has 0 heterocycles. The van der Waals surface area contributed by atoms with Gasteiger partial charge < -0.3 is 15.5 Å². The minimum atomic E-state index is -1.82. The Hall–Kier alpha value is -2.34. The van der Waals surface area contributed by atoms with Crippen molar-refractivity contribution in [1.82, 2.24) is 5.32 Å². The van der Waals surface area contributed by atoms with E-state index >= 15 is 0 Å². The van der Waals surface area contributed by atoms with Crippen molar-refractivity contribution in [2.24, 2.45) is 0 Å². The summed E-state index contributed by atoms with van der Waals surface area (Å²) in [6.07, 6.45) is 1.02. The number of carboxylic acid groups (broad SMARTS) is 2. The average Bonchev–Trinajstić information content (AvgIpc) is 2.66. The summed E-state index contributed by atoms with van der Waals surface area (Å²) in [6.45, 7) is 0.947. The van der Waals surface area contributed by atoms with Crippen LogP contribution in [-0.2, 0) is 9.59 Å². The van der Waals surface area contributed by atoms with Gasteiger partial charge in [0.25, 0.3) is 0 Å². The van der Waals surface area contributed by atoms with E-state index in [1.54, 1.807) is 11.8 Å². The number of thioether (sulfide) groups is 1. The lowest BCUT2D eigenvalue weighted by Crippen LogP contribution is -2.11. The summed E-state index contributed by atoms with van der Waals surface area (Å²) in [5.74, 6) is -3.65. The van der Waals surface area contributed by atoms with Gasteiger partial charge in [0.15, 0.2) is 0 Å². The first-order chi connectivity index (χ1) is 12.9. The Balaban J connectivity index is 0.000000527. The Bertz CT molecular complexity index is 797. The summed E-state index contributed by atoms with van der Waals surface area (Å²) >= 11 is 5.24. The molecule has 2 aromatic rings. The maximum Gasteiger partial charge on any atom is 0.414 e. The molecule has 6 nitrogen and oxygen atoms in total. The number of nitriles is 1.